The first kappa shape index (κ1) is 15.5. The number of amides is 1. The van der Waals surface area contributed by atoms with E-state index in [1.165, 1.54) is 0 Å². The summed E-state index contributed by atoms with van der Waals surface area (Å²) < 4.78 is 0. The summed E-state index contributed by atoms with van der Waals surface area (Å²) in [4.78, 5) is 12.3. The van der Waals surface area contributed by atoms with Gasteiger partial charge in [-0.15, -0.1) is 0 Å². The highest BCUT2D eigenvalue weighted by atomic mass is 16.3. The van der Waals surface area contributed by atoms with Crippen LogP contribution >= 0.6 is 0 Å². The average molecular weight is 264 g/mol. The van der Waals surface area contributed by atoms with Crippen molar-refractivity contribution in [1.82, 2.24) is 5.32 Å². The monoisotopic (exact) mass is 264 g/mol. The summed E-state index contributed by atoms with van der Waals surface area (Å²) >= 11 is 0. The molecule has 1 unspecified atom stereocenters. The Labute approximate surface area is 115 Å². The lowest BCUT2D eigenvalue weighted by atomic mass is 9.93. The molecule has 1 amide bonds. The Bertz CT molecular complexity index is 471. The molecule has 0 spiro atoms. The van der Waals surface area contributed by atoms with Gasteiger partial charge in [-0.3, -0.25) is 4.79 Å². The van der Waals surface area contributed by atoms with Crippen LogP contribution in [0.2, 0.25) is 0 Å². The molecule has 4 N–H and O–H groups in total. The van der Waals surface area contributed by atoms with E-state index in [0.29, 0.717) is 17.7 Å². The lowest BCUT2D eigenvalue weighted by molar-refractivity contribution is 0.0885. The second kappa shape index (κ2) is 6.06. The van der Waals surface area contributed by atoms with Gasteiger partial charge in [-0.1, -0.05) is 13.0 Å². The lowest BCUT2D eigenvalue weighted by Crippen LogP contribution is -2.46. The predicted octanol–water partition coefficient (Wildman–Crippen LogP) is 2.17. The summed E-state index contributed by atoms with van der Waals surface area (Å²) in [5.41, 5.74) is 8.57. The minimum absolute atomic E-state index is 0.0552. The van der Waals surface area contributed by atoms with Gasteiger partial charge in [0.25, 0.3) is 5.91 Å². The summed E-state index contributed by atoms with van der Waals surface area (Å²) in [6.45, 7) is 7.81. The van der Waals surface area contributed by atoms with Crippen molar-refractivity contribution in [3.8, 4) is 0 Å². The van der Waals surface area contributed by atoms with E-state index >= 15 is 0 Å². The van der Waals surface area contributed by atoms with Crippen LogP contribution < -0.4 is 11.1 Å². The van der Waals surface area contributed by atoms with E-state index in [4.69, 9.17) is 10.8 Å². The number of hydrogen-bond acceptors (Lipinski definition) is 3. The number of aliphatic hydroxyl groups excluding tert-OH is 1. The molecule has 0 aromatic heterocycles. The van der Waals surface area contributed by atoms with Gasteiger partial charge >= 0.3 is 0 Å². The summed E-state index contributed by atoms with van der Waals surface area (Å²) in [7, 11) is 0. The van der Waals surface area contributed by atoms with Crippen molar-refractivity contribution in [2.75, 3.05) is 12.3 Å². The molecular formula is C15H24N2O2. The van der Waals surface area contributed by atoms with Crippen LogP contribution in [-0.2, 0) is 0 Å². The topological polar surface area (TPSA) is 75.3 Å². The van der Waals surface area contributed by atoms with Crippen LogP contribution in [0.3, 0.4) is 0 Å². The first-order valence-corrected chi connectivity index (χ1v) is 6.63. The van der Waals surface area contributed by atoms with Gasteiger partial charge in [0.1, 0.15) is 0 Å². The summed E-state index contributed by atoms with van der Waals surface area (Å²) in [6, 6.07) is 3.63. The molecule has 0 bridgehead atoms. The van der Waals surface area contributed by atoms with Crippen molar-refractivity contribution in [1.29, 1.82) is 0 Å². The number of carbonyl (C=O) groups excluding carboxylic acids is 1. The normalized spacial score (nSPS) is 13.9. The number of aryl methyl sites for hydroxylation is 2. The second-order valence-corrected chi connectivity index (χ2v) is 5.37. The minimum Gasteiger partial charge on any atom is -0.398 e. The molecule has 0 aliphatic heterocycles. The molecule has 4 heteroatoms. The van der Waals surface area contributed by atoms with Gasteiger partial charge in [-0.25, -0.2) is 0 Å². The fourth-order valence-electron chi connectivity index (χ4n) is 2.03. The van der Waals surface area contributed by atoms with Crippen molar-refractivity contribution in [2.45, 2.75) is 46.1 Å². The molecule has 0 aliphatic carbocycles. The molecule has 1 rings (SSSR count). The summed E-state index contributed by atoms with van der Waals surface area (Å²) in [5.74, 6) is -0.137. The Hall–Kier alpha value is -1.55. The van der Waals surface area contributed by atoms with Crippen LogP contribution in [-0.4, -0.2) is 23.2 Å². The summed E-state index contributed by atoms with van der Waals surface area (Å²) in [6.07, 6.45) is 1.30. The highest BCUT2D eigenvalue weighted by Gasteiger charge is 2.25. The molecule has 0 radical (unpaired) electrons. The zero-order valence-electron chi connectivity index (χ0n) is 12.2. The van der Waals surface area contributed by atoms with Crippen molar-refractivity contribution in [3.05, 3.63) is 28.8 Å². The van der Waals surface area contributed by atoms with Crippen LogP contribution in [0, 0.1) is 13.8 Å². The van der Waals surface area contributed by atoms with Gasteiger partial charge in [0.15, 0.2) is 0 Å². The molecule has 0 fully saturated rings. The standard InChI is InChI=1S/C15H24N2O2/c1-5-15(4,6-7-18)17-14(19)12-9-13(16)11(3)8-10(12)2/h8-9,18H,5-7,16H2,1-4H3,(H,17,19). The van der Waals surface area contributed by atoms with E-state index in [1.807, 2.05) is 33.8 Å². The molecular weight excluding hydrogens is 240 g/mol. The third kappa shape index (κ3) is 3.70. The number of nitrogen functional groups attached to an aromatic ring is 1. The molecule has 4 nitrogen and oxygen atoms in total. The third-order valence-electron chi connectivity index (χ3n) is 3.72. The van der Waals surface area contributed by atoms with E-state index in [2.05, 4.69) is 5.32 Å². The smallest absolute Gasteiger partial charge is 0.252 e. The number of nitrogens with two attached hydrogens (primary N) is 1. The highest BCUT2D eigenvalue weighted by molar-refractivity contribution is 5.97. The number of carbonyl (C=O) groups is 1. The number of aliphatic hydroxyl groups is 1. The van der Waals surface area contributed by atoms with E-state index in [0.717, 1.165) is 17.5 Å². The van der Waals surface area contributed by atoms with Crippen LogP contribution in [0.5, 0.6) is 0 Å². The van der Waals surface area contributed by atoms with E-state index in [1.54, 1.807) is 6.07 Å². The zero-order chi connectivity index (χ0) is 14.6. The van der Waals surface area contributed by atoms with Crippen LogP contribution in [0.1, 0.15) is 48.2 Å². The quantitative estimate of drug-likeness (QED) is 0.713. The summed E-state index contributed by atoms with van der Waals surface area (Å²) in [5, 5.41) is 12.1. The maximum Gasteiger partial charge on any atom is 0.252 e. The zero-order valence-corrected chi connectivity index (χ0v) is 12.2. The third-order valence-corrected chi connectivity index (χ3v) is 3.72. The number of nitrogens with one attached hydrogen (secondary N) is 1. The Morgan fingerprint density at radius 1 is 1.37 bits per heavy atom. The average Bonchev–Trinajstić information content (AvgIpc) is 2.33. The number of hydrogen-bond donors (Lipinski definition) is 3. The molecule has 0 saturated heterocycles. The van der Waals surface area contributed by atoms with Gasteiger partial charge in [0.05, 0.1) is 0 Å². The molecule has 0 saturated carbocycles. The van der Waals surface area contributed by atoms with E-state index < -0.39 is 5.54 Å². The molecule has 106 valence electrons. The van der Waals surface area contributed by atoms with Crippen LogP contribution in [0.4, 0.5) is 5.69 Å². The van der Waals surface area contributed by atoms with Crippen molar-refractivity contribution in [3.63, 3.8) is 0 Å². The molecule has 1 aromatic rings. The molecule has 0 aliphatic rings. The van der Waals surface area contributed by atoms with Gasteiger partial charge in [-0.2, -0.15) is 0 Å². The number of benzene rings is 1. The molecule has 0 heterocycles. The highest BCUT2D eigenvalue weighted by Crippen LogP contribution is 2.20. The van der Waals surface area contributed by atoms with Crippen molar-refractivity contribution in [2.24, 2.45) is 0 Å². The number of anilines is 1. The van der Waals surface area contributed by atoms with Gasteiger partial charge < -0.3 is 16.2 Å². The Balaban J connectivity index is 2.98. The first-order chi connectivity index (χ1) is 8.83. The van der Waals surface area contributed by atoms with Gasteiger partial charge in [-0.05, 0) is 50.8 Å². The first-order valence-electron chi connectivity index (χ1n) is 6.63. The Kier molecular flexibility index (Phi) is 4.95. The minimum atomic E-state index is -0.391. The van der Waals surface area contributed by atoms with Crippen molar-refractivity contribution >= 4 is 11.6 Å². The Morgan fingerprint density at radius 3 is 2.53 bits per heavy atom. The lowest BCUT2D eigenvalue weighted by Gasteiger charge is -2.29. The fourth-order valence-corrected chi connectivity index (χ4v) is 2.03. The SMILES string of the molecule is CCC(C)(CCO)NC(=O)c1cc(N)c(C)cc1C. The maximum absolute atomic E-state index is 12.3. The van der Waals surface area contributed by atoms with E-state index in [-0.39, 0.29) is 12.5 Å². The van der Waals surface area contributed by atoms with Crippen molar-refractivity contribution < 1.29 is 9.90 Å². The van der Waals surface area contributed by atoms with E-state index in [9.17, 15) is 4.79 Å². The molecule has 1 atom stereocenters. The van der Waals surface area contributed by atoms with Gasteiger partial charge in [0, 0.05) is 23.4 Å². The second-order valence-electron chi connectivity index (χ2n) is 5.37. The maximum atomic E-state index is 12.3. The van der Waals surface area contributed by atoms with Crippen LogP contribution in [0.15, 0.2) is 12.1 Å². The largest absolute Gasteiger partial charge is 0.398 e. The predicted molar refractivity (Wildman–Crippen MR) is 78.2 cm³/mol. The van der Waals surface area contributed by atoms with Crippen LogP contribution in [0.25, 0.3) is 0 Å². The molecule has 1 aromatic carbocycles. The molecule has 19 heavy (non-hydrogen) atoms. The Morgan fingerprint density at radius 2 is 2.00 bits per heavy atom. The fraction of sp³-hybridized carbons (Fsp3) is 0.533. The van der Waals surface area contributed by atoms with Gasteiger partial charge in [0.2, 0.25) is 0 Å². The number of rotatable bonds is 5.